The molecule has 45 heavy (non-hydrogen) atoms. The van der Waals surface area contributed by atoms with Crippen molar-refractivity contribution in [2.75, 3.05) is 0 Å². The summed E-state index contributed by atoms with van der Waals surface area (Å²) in [5.74, 6) is -1.57. The zero-order valence-electron chi connectivity index (χ0n) is 27.0. The van der Waals surface area contributed by atoms with Crippen molar-refractivity contribution < 1.29 is 15.6 Å². The van der Waals surface area contributed by atoms with Gasteiger partial charge in [-0.1, -0.05) is 0 Å². The second-order valence-corrected chi connectivity index (χ2v) is 57.1. The first-order valence-corrected chi connectivity index (χ1v) is 32.5. The molecule has 0 saturated heterocycles. The Hall–Kier alpha value is -2.48. The molecule has 0 heterocycles. The van der Waals surface area contributed by atoms with E-state index in [1.165, 1.54) is 66.4 Å². The molecule has 5 aromatic rings. The fraction of sp³-hybridized carbons (Fsp3) is 0.220. The van der Waals surface area contributed by atoms with E-state index < -0.39 is 21.5 Å². The van der Waals surface area contributed by atoms with Gasteiger partial charge in [-0.3, -0.25) is 0 Å². The molecular weight excluding hydrogens is 683 g/mol. The van der Waals surface area contributed by atoms with Gasteiger partial charge >= 0.3 is 280 Å². The molecule has 0 nitrogen and oxygen atoms in total. The summed E-state index contributed by atoms with van der Waals surface area (Å²) >= 11 is -4.68. The van der Waals surface area contributed by atoms with Gasteiger partial charge in [0.05, 0.1) is 0 Å². The summed E-state index contributed by atoms with van der Waals surface area (Å²) in [6, 6.07) is 38.0. The number of hydrogen-bond acceptors (Lipinski definition) is 0. The summed E-state index contributed by atoms with van der Waals surface area (Å²) in [4.78, 5) is 0. The number of halogens is 2. The normalized spacial score (nSPS) is 18.5. The minimum atomic E-state index is -4.68. The van der Waals surface area contributed by atoms with Crippen LogP contribution in [0, 0.1) is 0 Å². The Kier molecular flexibility index (Phi) is 7.65. The van der Waals surface area contributed by atoms with Crippen LogP contribution < -0.4 is 0 Å². The molecule has 2 atom stereocenters. The van der Waals surface area contributed by atoms with Gasteiger partial charge in [0.1, 0.15) is 0 Å². The van der Waals surface area contributed by atoms with Crippen molar-refractivity contribution >= 4 is 45.9 Å². The molecule has 0 aromatic heterocycles. The maximum absolute atomic E-state index is 8.40. The van der Waals surface area contributed by atoms with E-state index in [0.717, 1.165) is 0 Å². The van der Waals surface area contributed by atoms with Crippen molar-refractivity contribution in [2.45, 2.75) is 53.5 Å². The second kappa shape index (κ2) is 11.1. The third kappa shape index (κ3) is 4.86. The molecule has 0 amide bonds. The van der Waals surface area contributed by atoms with Gasteiger partial charge in [0, 0.05) is 0 Å². The van der Waals surface area contributed by atoms with Crippen molar-refractivity contribution in [1.82, 2.24) is 0 Å². The molecule has 0 bridgehead atoms. The van der Waals surface area contributed by atoms with Crippen LogP contribution in [0.3, 0.4) is 0 Å². The van der Waals surface area contributed by atoms with Gasteiger partial charge in [-0.25, -0.2) is 0 Å². The van der Waals surface area contributed by atoms with Crippen LogP contribution in [0.5, 0.6) is 0 Å². The predicted molar refractivity (Wildman–Crippen MR) is 199 cm³/mol. The molecule has 0 radical (unpaired) electrons. The monoisotopic (exact) mass is 721 g/mol. The van der Waals surface area contributed by atoms with Crippen LogP contribution in [0.4, 0.5) is 0 Å². The zero-order valence-corrected chi connectivity index (χ0v) is 32.2. The number of hydrogen-bond donors (Lipinski definition) is 0. The van der Waals surface area contributed by atoms with Gasteiger partial charge in [-0.2, -0.15) is 0 Å². The van der Waals surface area contributed by atoms with Crippen molar-refractivity contribution in [3.8, 4) is 22.3 Å². The first-order valence-electron chi connectivity index (χ1n) is 16.2. The predicted octanol–water partition coefficient (Wildman–Crippen LogP) is 12.7. The van der Waals surface area contributed by atoms with Crippen LogP contribution >= 0.6 is 17.0 Å². The van der Waals surface area contributed by atoms with Crippen molar-refractivity contribution in [3.63, 3.8) is 0 Å². The van der Waals surface area contributed by atoms with Crippen molar-refractivity contribution in [1.29, 1.82) is 0 Å². The van der Waals surface area contributed by atoms with Crippen LogP contribution in [-0.2, 0) is 21.0 Å². The summed E-state index contributed by atoms with van der Waals surface area (Å²) in [5.41, 5.74) is 13.1. The van der Waals surface area contributed by atoms with Crippen LogP contribution in [0.1, 0.15) is 62.8 Å². The number of rotatable bonds is 5. The molecule has 0 N–H and O–H groups in total. The first-order chi connectivity index (χ1) is 21.4. The van der Waals surface area contributed by atoms with Gasteiger partial charge < -0.3 is 0 Å². The van der Waals surface area contributed by atoms with E-state index in [2.05, 4.69) is 162 Å². The summed E-state index contributed by atoms with van der Waals surface area (Å²) < 4.78 is 0.160. The Morgan fingerprint density at radius 2 is 1.29 bits per heavy atom. The van der Waals surface area contributed by atoms with E-state index in [-0.39, 0.29) is 12.7 Å². The second-order valence-electron chi connectivity index (χ2n) is 14.5. The Morgan fingerprint density at radius 3 is 2.00 bits per heavy atom. The van der Waals surface area contributed by atoms with Crippen LogP contribution in [0.25, 0.3) is 45.2 Å². The maximum atomic E-state index is 8.40. The van der Waals surface area contributed by atoms with E-state index in [0.29, 0.717) is 0 Å². The third-order valence-electron chi connectivity index (χ3n) is 10.6. The fourth-order valence-corrected chi connectivity index (χ4v) is 38.2. The fourth-order valence-electron chi connectivity index (χ4n) is 8.07. The average Bonchev–Trinajstić information content (AvgIpc) is 3.62. The quantitative estimate of drug-likeness (QED) is 0.158. The van der Waals surface area contributed by atoms with Crippen LogP contribution in [-0.4, -0.2) is 5.92 Å². The summed E-state index contributed by atoms with van der Waals surface area (Å²) in [7, 11) is 16.8. The van der Waals surface area contributed by atoms with E-state index in [4.69, 9.17) is 17.0 Å². The average molecular weight is 724 g/mol. The summed E-state index contributed by atoms with van der Waals surface area (Å²) in [6.07, 6.45) is 7.11. The van der Waals surface area contributed by atoms with E-state index >= 15 is 0 Å². The van der Waals surface area contributed by atoms with Gasteiger partial charge in [0.15, 0.2) is 0 Å². The van der Waals surface area contributed by atoms with E-state index in [1.54, 1.807) is 0 Å². The molecule has 7 rings (SSSR count). The zero-order chi connectivity index (χ0) is 31.7. The standard InChI is InChI=1S/C20H15.C19H19.C2H7Si.2ClH.Zr/c1-14-12-16-8-5-11-19(20(16)13-14)18-10-4-7-15-6-2-3-9-17(15)18;1-19(2,3)16-12-10-15(11-13-16)18-9-5-7-14-6-4-8-17(14)18;1-3-2;;;/h2-13H,1H3;4-13H,1-3H3;3H,1-2H3;2*1H;/q;;;;;+2/p-2. The molecule has 0 fully saturated rings. The molecule has 0 spiro atoms. The van der Waals surface area contributed by atoms with Crippen LogP contribution in [0.2, 0.25) is 13.1 Å². The van der Waals surface area contributed by atoms with Gasteiger partial charge in [-0.15, -0.1) is 0 Å². The SMILES string of the molecule is CC1=Cc2c(-c3cccc4ccccc34)cccc2[CH]1[Zr]([Cl])([Cl])([CH]1C=Cc2c(-c3ccc(C(C)(C)C)cc3)cccc21)[SiH](C)C. The molecular formula is C41H41Cl2SiZr. The Balaban J connectivity index is 1.36. The molecule has 227 valence electrons. The molecule has 5 aromatic carbocycles. The molecule has 2 aliphatic rings. The third-order valence-corrected chi connectivity index (χ3v) is 62.8. The Morgan fingerprint density at radius 1 is 0.667 bits per heavy atom. The number of allylic oxidation sites excluding steroid dienone is 2. The Bertz CT molecular complexity index is 2020. The molecule has 2 aliphatic carbocycles. The van der Waals surface area contributed by atoms with Crippen molar-refractivity contribution in [2.24, 2.45) is 0 Å². The first kappa shape index (κ1) is 31.1. The molecule has 0 aliphatic heterocycles. The summed E-state index contributed by atoms with van der Waals surface area (Å²) in [6.45, 7) is 13.9. The Labute approximate surface area is 277 Å². The van der Waals surface area contributed by atoms with Gasteiger partial charge in [0.25, 0.3) is 0 Å². The van der Waals surface area contributed by atoms with Crippen LogP contribution in [0.15, 0.2) is 115 Å². The minimum absolute atomic E-state index is 0.0748. The number of benzene rings is 5. The number of fused-ring (bicyclic) bond motifs is 3. The molecule has 0 saturated carbocycles. The molecule has 2 unspecified atom stereocenters. The van der Waals surface area contributed by atoms with Gasteiger partial charge in [0.2, 0.25) is 0 Å². The summed E-state index contributed by atoms with van der Waals surface area (Å²) in [5, 5.41) is 2.53. The van der Waals surface area contributed by atoms with E-state index in [1.807, 2.05) is 0 Å². The molecule has 4 heteroatoms. The topological polar surface area (TPSA) is 0 Å². The van der Waals surface area contributed by atoms with E-state index in [9.17, 15) is 0 Å². The van der Waals surface area contributed by atoms with Gasteiger partial charge in [-0.05, 0) is 0 Å². The van der Waals surface area contributed by atoms with Crippen molar-refractivity contribution in [3.05, 3.63) is 143 Å².